The van der Waals surface area contributed by atoms with Crippen molar-refractivity contribution in [3.63, 3.8) is 0 Å². The van der Waals surface area contributed by atoms with Gasteiger partial charge < -0.3 is 5.32 Å². The number of benzene rings is 2. The number of nitro benzene ring substituents is 1. The summed E-state index contributed by atoms with van der Waals surface area (Å²) in [6, 6.07) is 5.37. The van der Waals surface area contributed by atoms with Crippen molar-refractivity contribution in [1.29, 1.82) is 0 Å². The highest BCUT2D eigenvalue weighted by molar-refractivity contribution is 6.04. The number of nitrogens with zero attached hydrogens (tertiary/aromatic N) is 1. The quantitative estimate of drug-likeness (QED) is 0.698. The van der Waals surface area contributed by atoms with Gasteiger partial charge in [-0.05, 0) is 30.3 Å². The first-order valence-electron chi connectivity index (χ1n) is 5.59. The molecule has 0 bridgehead atoms. The fourth-order valence-electron chi connectivity index (χ4n) is 1.58. The summed E-state index contributed by atoms with van der Waals surface area (Å²) in [7, 11) is 0. The predicted molar refractivity (Wildman–Crippen MR) is 67.4 cm³/mol. The molecular formula is C13H7F3N2O3. The molecule has 0 radical (unpaired) electrons. The Bertz CT molecular complexity index is 717. The van der Waals surface area contributed by atoms with Crippen molar-refractivity contribution < 1.29 is 22.9 Å². The summed E-state index contributed by atoms with van der Waals surface area (Å²) in [6.07, 6.45) is 0. The van der Waals surface area contributed by atoms with Crippen molar-refractivity contribution in [1.82, 2.24) is 0 Å². The van der Waals surface area contributed by atoms with Crippen LogP contribution in [0, 0.1) is 27.6 Å². The van der Waals surface area contributed by atoms with Crippen LogP contribution in [0.2, 0.25) is 0 Å². The van der Waals surface area contributed by atoms with Crippen LogP contribution in [-0.2, 0) is 0 Å². The Morgan fingerprint density at radius 3 is 2.24 bits per heavy atom. The maximum absolute atomic E-state index is 13.6. The average Bonchev–Trinajstić information content (AvgIpc) is 2.43. The molecule has 0 aliphatic rings. The highest BCUT2D eigenvalue weighted by Crippen LogP contribution is 2.22. The molecule has 1 N–H and O–H groups in total. The Morgan fingerprint density at radius 2 is 1.67 bits per heavy atom. The molecule has 2 aromatic carbocycles. The van der Waals surface area contributed by atoms with E-state index in [9.17, 15) is 28.1 Å². The van der Waals surface area contributed by atoms with Gasteiger partial charge in [-0.2, -0.15) is 4.39 Å². The van der Waals surface area contributed by atoms with E-state index in [1.165, 1.54) is 12.1 Å². The Balaban J connectivity index is 2.29. The molecule has 1 amide bonds. The first-order chi connectivity index (χ1) is 9.88. The van der Waals surface area contributed by atoms with Crippen molar-refractivity contribution in [2.24, 2.45) is 0 Å². The molecule has 0 fully saturated rings. The van der Waals surface area contributed by atoms with Gasteiger partial charge in [-0.3, -0.25) is 14.9 Å². The van der Waals surface area contributed by atoms with E-state index in [4.69, 9.17) is 0 Å². The van der Waals surface area contributed by atoms with Gasteiger partial charge in [-0.25, -0.2) is 8.78 Å². The molecule has 5 nitrogen and oxygen atoms in total. The molecule has 21 heavy (non-hydrogen) atoms. The highest BCUT2D eigenvalue weighted by Gasteiger charge is 2.22. The molecule has 0 heterocycles. The Kier molecular flexibility index (Phi) is 3.88. The molecule has 0 saturated carbocycles. The number of carbonyl (C=O) groups excluding carboxylic acids is 1. The van der Waals surface area contributed by atoms with Crippen LogP contribution in [-0.4, -0.2) is 10.8 Å². The number of halogens is 3. The van der Waals surface area contributed by atoms with Gasteiger partial charge in [0, 0.05) is 5.69 Å². The van der Waals surface area contributed by atoms with Gasteiger partial charge in [-0.1, -0.05) is 0 Å². The maximum atomic E-state index is 13.6. The monoisotopic (exact) mass is 296 g/mol. The van der Waals surface area contributed by atoms with Crippen molar-refractivity contribution in [3.05, 3.63) is 69.5 Å². The van der Waals surface area contributed by atoms with E-state index in [1.807, 2.05) is 0 Å². The lowest BCUT2D eigenvalue weighted by molar-refractivity contribution is -0.387. The predicted octanol–water partition coefficient (Wildman–Crippen LogP) is 3.26. The normalized spacial score (nSPS) is 10.2. The van der Waals surface area contributed by atoms with Crippen molar-refractivity contribution in [2.75, 3.05) is 5.32 Å². The number of carbonyl (C=O) groups is 1. The molecule has 108 valence electrons. The second kappa shape index (κ2) is 5.61. The smallest absolute Gasteiger partial charge is 0.307 e. The number of hydrogen-bond donors (Lipinski definition) is 1. The lowest BCUT2D eigenvalue weighted by Crippen LogP contribution is -2.14. The number of amides is 1. The van der Waals surface area contributed by atoms with Crippen LogP contribution in [0.5, 0.6) is 0 Å². The molecule has 2 aromatic rings. The van der Waals surface area contributed by atoms with E-state index in [2.05, 4.69) is 5.32 Å². The van der Waals surface area contributed by atoms with E-state index in [0.29, 0.717) is 12.1 Å². The molecule has 0 aliphatic carbocycles. The summed E-state index contributed by atoms with van der Waals surface area (Å²) in [6.45, 7) is 0. The first-order valence-corrected chi connectivity index (χ1v) is 5.59. The van der Waals surface area contributed by atoms with Crippen LogP contribution in [0.15, 0.2) is 36.4 Å². The van der Waals surface area contributed by atoms with Crippen molar-refractivity contribution in [3.8, 4) is 0 Å². The summed E-state index contributed by atoms with van der Waals surface area (Å²) in [5, 5.41) is 12.7. The van der Waals surface area contributed by atoms with E-state index in [1.54, 1.807) is 0 Å². The van der Waals surface area contributed by atoms with Crippen LogP contribution in [0.1, 0.15) is 10.4 Å². The van der Waals surface area contributed by atoms with Gasteiger partial charge in [0.05, 0.1) is 16.6 Å². The third-order valence-corrected chi connectivity index (χ3v) is 2.58. The zero-order valence-electron chi connectivity index (χ0n) is 10.3. The van der Waals surface area contributed by atoms with Gasteiger partial charge in [0.2, 0.25) is 5.82 Å². The fraction of sp³-hybridized carbons (Fsp3) is 0. The zero-order valence-corrected chi connectivity index (χ0v) is 10.3. The summed E-state index contributed by atoms with van der Waals surface area (Å²) >= 11 is 0. The molecule has 0 aliphatic heterocycles. The van der Waals surface area contributed by atoms with Crippen LogP contribution in [0.4, 0.5) is 24.5 Å². The zero-order chi connectivity index (χ0) is 15.6. The fourth-order valence-corrected chi connectivity index (χ4v) is 1.58. The van der Waals surface area contributed by atoms with E-state index >= 15 is 0 Å². The number of rotatable bonds is 3. The second-order valence-corrected chi connectivity index (χ2v) is 4.00. The summed E-state index contributed by atoms with van der Waals surface area (Å²) in [5.41, 5.74) is -1.59. The van der Waals surface area contributed by atoms with Gasteiger partial charge in [0.15, 0.2) is 0 Å². The van der Waals surface area contributed by atoms with E-state index < -0.39 is 39.5 Å². The number of nitrogens with one attached hydrogen (secondary N) is 1. The molecular weight excluding hydrogens is 289 g/mol. The SMILES string of the molecule is O=C(Nc1ccc(F)cc1)c1cc(F)c([N+](=O)[O-])cc1F. The number of nitro groups is 1. The minimum absolute atomic E-state index is 0.166. The molecule has 0 saturated heterocycles. The minimum atomic E-state index is -1.33. The number of anilines is 1. The minimum Gasteiger partial charge on any atom is -0.322 e. The largest absolute Gasteiger partial charge is 0.322 e. The van der Waals surface area contributed by atoms with Crippen LogP contribution < -0.4 is 5.32 Å². The van der Waals surface area contributed by atoms with Gasteiger partial charge in [0.1, 0.15) is 11.6 Å². The van der Waals surface area contributed by atoms with E-state index in [0.717, 1.165) is 12.1 Å². The van der Waals surface area contributed by atoms with E-state index in [-0.39, 0.29) is 5.69 Å². The lowest BCUT2D eigenvalue weighted by Gasteiger charge is -2.06. The molecule has 0 atom stereocenters. The summed E-state index contributed by atoms with van der Waals surface area (Å²) in [4.78, 5) is 21.1. The molecule has 2 rings (SSSR count). The second-order valence-electron chi connectivity index (χ2n) is 4.00. The first kappa shape index (κ1) is 14.5. The van der Waals surface area contributed by atoms with Crippen LogP contribution in [0.3, 0.4) is 0 Å². The molecule has 0 spiro atoms. The molecule has 0 unspecified atom stereocenters. The van der Waals surface area contributed by atoms with Gasteiger partial charge >= 0.3 is 5.69 Å². The Hall–Kier alpha value is -2.90. The van der Waals surface area contributed by atoms with Gasteiger partial charge in [0.25, 0.3) is 5.91 Å². The molecule has 8 heteroatoms. The molecule has 0 aromatic heterocycles. The summed E-state index contributed by atoms with van der Waals surface area (Å²) in [5.74, 6) is -4.10. The van der Waals surface area contributed by atoms with Crippen molar-refractivity contribution in [2.45, 2.75) is 0 Å². The van der Waals surface area contributed by atoms with Crippen LogP contribution in [0.25, 0.3) is 0 Å². The lowest BCUT2D eigenvalue weighted by atomic mass is 10.1. The van der Waals surface area contributed by atoms with Crippen LogP contribution >= 0.6 is 0 Å². The maximum Gasteiger partial charge on any atom is 0.307 e. The Morgan fingerprint density at radius 1 is 1.05 bits per heavy atom. The van der Waals surface area contributed by atoms with Gasteiger partial charge in [-0.15, -0.1) is 0 Å². The topological polar surface area (TPSA) is 72.2 Å². The average molecular weight is 296 g/mol. The third-order valence-electron chi connectivity index (χ3n) is 2.58. The van der Waals surface area contributed by atoms with Crippen molar-refractivity contribution >= 4 is 17.3 Å². The standard InChI is InChI=1S/C13H7F3N2O3/c14-7-1-3-8(4-2-7)17-13(19)9-5-11(16)12(18(20)21)6-10(9)15/h1-6H,(H,17,19). The highest BCUT2D eigenvalue weighted by atomic mass is 19.1. The summed E-state index contributed by atoms with van der Waals surface area (Å²) < 4.78 is 39.7. The number of hydrogen-bond acceptors (Lipinski definition) is 3. The third kappa shape index (κ3) is 3.16. The Labute approximate surface area is 116 Å².